The standard InChI is InChI=1S/C26H31ClFN7O/c1-17-13-19(18-4-10-34(11-5-18)9-2-6-28)14-22-24(17)33-25(32-22)23-21(3-7-30-26(23)36)29-8-12-35-16-20(27)15-31-35/h3,7,13-16,18H,2,4-6,8-12H2,1H3,(H,32,33)(H2,29,30,36). The van der Waals surface area contributed by atoms with Crippen LogP contribution in [0.1, 0.15) is 36.3 Å². The first-order chi connectivity index (χ1) is 17.5. The molecule has 0 atom stereocenters. The number of rotatable bonds is 9. The van der Waals surface area contributed by atoms with Crippen molar-refractivity contribution in [2.45, 2.75) is 38.6 Å². The van der Waals surface area contributed by atoms with E-state index in [2.05, 4.69) is 44.3 Å². The maximum Gasteiger partial charge on any atom is 0.261 e. The van der Waals surface area contributed by atoms with Crippen molar-refractivity contribution in [1.82, 2.24) is 29.6 Å². The van der Waals surface area contributed by atoms with Crippen LogP contribution in [0, 0.1) is 6.92 Å². The number of aromatic amines is 2. The second-order valence-corrected chi connectivity index (χ2v) is 9.86. The molecule has 3 N–H and O–H groups in total. The van der Waals surface area contributed by atoms with Gasteiger partial charge in [0, 0.05) is 25.5 Å². The lowest BCUT2D eigenvalue weighted by atomic mass is 9.88. The highest BCUT2D eigenvalue weighted by Crippen LogP contribution is 2.33. The summed E-state index contributed by atoms with van der Waals surface area (Å²) in [6, 6.07) is 6.24. The molecule has 4 heterocycles. The minimum absolute atomic E-state index is 0.209. The number of anilines is 1. The number of piperidine rings is 1. The molecule has 4 aromatic rings. The number of nitrogens with zero attached hydrogens (tertiary/aromatic N) is 4. The number of pyridine rings is 1. The average molecular weight is 512 g/mol. The van der Waals surface area contributed by atoms with Gasteiger partial charge in [-0.25, -0.2) is 4.98 Å². The molecular weight excluding hydrogens is 481 g/mol. The molecule has 8 nitrogen and oxygen atoms in total. The number of aromatic nitrogens is 5. The van der Waals surface area contributed by atoms with Crippen molar-refractivity contribution >= 4 is 28.3 Å². The summed E-state index contributed by atoms with van der Waals surface area (Å²) in [6.45, 7) is 5.82. The number of halogens is 2. The van der Waals surface area contributed by atoms with Gasteiger partial charge in [-0.15, -0.1) is 0 Å². The van der Waals surface area contributed by atoms with E-state index in [0.717, 1.165) is 49.1 Å². The molecule has 1 aliphatic rings. The van der Waals surface area contributed by atoms with E-state index < -0.39 is 0 Å². The van der Waals surface area contributed by atoms with E-state index in [1.807, 2.05) is 6.07 Å². The Balaban J connectivity index is 1.36. The van der Waals surface area contributed by atoms with Gasteiger partial charge >= 0.3 is 0 Å². The second-order valence-electron chi connectivity index (χ2n) is 9.42. The van der Waals surface area contributed by atoms with Gasteiger partial charge < -0.3 is 20.2 Å². The Bertz CT molecular complexity index is 1390. The zero-order valence-electron chi connectivity index (χ0n) is 20.4. The average Bonchev–Trinajstić information content (AvgIpc) is 3.49. The van der Waals surface area contributed by atoms with Gasteiger partial charge in [-0.05, 0) is 68.5 Å². The quantitative estimate of drug-likeness (QED) is 0.302. The Morgan fingerprint density at radius 3 is 2.83 bits per heavy atom. The molecule has 0 aliphatic carbocycles. The number of hydrogen-bond donors (Lipinski definition) is 3. The van der Waals surface area contributed by atoms with Crippen molar-refractivity contribution in [3.05, 3.63) is 63.3 Å². The largest absolute Gasteiger partial charge is 0.382 e. The van der Waals surface area contributed by atoms with Gasteiger partial charge in [-0.2, -0.15) is 5.10 Å². The van der Waals surface area contributed by atoms with Crippen LogP contribution in [0.4, 0.5) is 10.1 Å². The third kappa shape index (κ3) is 5.32. The Hall–Kier alpha value is -3.17. The molecule has 36 heavy (non-hydrogen) atoms. The van der Waals surface area contributed by atoms with Gasteiger partial charge in [-0.1, -0.05) is 17.7 Å². The van der Waals surface area contributed by atoms with E-state index in [0.29, 0.717) is 47.5 Å². The van der Waals surface area contributed by atoms with Gasteiger partial charge in [-0.3, -0.25) is 13.9 Å². The number of benzene rings is 1. The van der Waals surface area contributed by atoms with Crippen molar-refractivity contribution in [2.24, 2.45) is 0 Å². The summed E-state index contributed by atoms with van der Waals surface area (Å²) in [6.07, 6.45) is 7.72. The van der Waals surface area contributed by atoms with Crippen LogP contribution in [-0.4, -0.2) is 62.5 Å². The van der Waals surface area contributed by atoms with E-state index in [4.69, 9.17) is 16.6 Å². The molecule has 0 spiro atoms. The maximum absolute atomic E-state index is 12.8. The number of fused-ring (bicyclic) bond motifs is 1. The van der Waals surface area contributed by atoms with Crippen molar-refractivity contribution in [1.29, 1.82) is 0 Å². The van der Waals surface area contributed by atoms with E-state index >= 15 is 0 Å². The highest BCUT2D eigenvalue weighted by molar-refractivity contribution is 6.30. The van der Waals surface area contributed by atoms with Crippen LogP contribution in [0.15, 0.2) is 41.6 Å². The fourth-order valence-corrected chi connectivity index (χ4v) is 5.23. The minimum atomic E-state index is -0.251. The van der Waals surface area contributed by atoms with Crippen LogP contribution in [-0.2, 0) is 6.54 Å². The Morgan fingerprint density at radius 1 is 1.25 bits per heavy atom. The van der Waals surface area contributed by atoms with Crippen molar-refractivity contribution < 1.29 is 4.39 Å². The summed E-state index contributed by atoms with van der Waals surface area (Å²) >= 11 is 5.94. The summed E-state index contributed by atoms with van der Waals surface area (Å²) in [4.78, 5) is 26.2. The molecule has 190 valence electrons. The summed E-state index contributed by atoms with van der Waals surface area (Å²) in [5.74, 6) is 1.01. The van der Waals surface area contributed by atoms with Crippen LogP contribution in [0.5, 0.6) is 0 Å². The van der Waals surface area contributed by atoms with Crippen LogP contribution in [0.25, 0.3) is 22.4 Å². The molecule has 0 amide bonds. The first-order valence-corrected chi connectivity index (χ1v) is 12.8. The number of alkyl halides is 1. The lowest BCUT2D eigenvalue weighted by molar-refractivity contribution is 0.204. The van der Waals surface area contributed by atoms with Gasteiger partial charge in [0.15, 0.2) is 0 Å². The number of aryl methyl sites for hydroxylation is 1. The van der Waals surface area contributed by atoms with Gasteiger partial charge in [0.2, 0.25) is 0 Å². The fourth-order valence-electron chi connectivity index (χ4n) is 5.07. The van der Waals surface area contributed by atoms with Crippen molar-refractivity contribution in [2.75, 3.05) is 38.2 Å². The van der Waals surface area contributed by atoms with Crippen LogP contribution >= 0.6 is 11.6 Å². The SMILES string of the molecule is Cc1cc(C2CCN(CCCF)CC2)cc2[nH]c(-c3c(NCCn4cc(Cl)cn4)cc[nH]c3=O)nc12. The fraction of sp³-hybridized carbons (Fsp3) is 0.423. The molecule has 5 rings (SSSR count). The first-order valence-electron chi connectivity index (χ1n) is 12.4. The van der Waals surface area contributed by atoms with E-state index in [1.54, 1.807) is 23.3 Å². The Labute approximate surface area is 213 Å². The van der Waals surface area contributed by atoms with Crippen molar-refractivity contribution in [3.8, 4) is 11.4 Å². The van der Waals surface area contributed by atoms with E-state index in [1.165, 1.54) is 5.56 Å². The molecule has 3 aromatic heterocycles. The molecule has 10 heteroatoms. The number of imidazole rings is 1. The minimum Gasteiger partial charge on any atom is -0.382 e. The molecule has 0 unspecified atom stereocenters. The first kappa shape index (κ1) is 24.5. The molecule has 0 radical (unpaired) electrons. The highest BCUT2D eigenvalue weighted by Gasteiger charge is 2.22. The second kappa shape index (κ2) is 10.8. The molecule has 1 saturated heterocycles. The summed E-state index contributed by atoms with van der Waals surface area (Å²) < 4.78 is 14.3. The number of nitrogens with one attached hydrogen (secondary N) is 3. The van der Waals surface area contributed by atoms with Crippen LogP contribution in [0.2, 0.25) is 5.02 Å². The number of likely N-dealkylation sites (tertiary alicyclic amines) is 1. The third-order valence-electron chi connectivity index (χ3n) is 6.92. The smallest absolute Gasteiger partial charge is 0.261 e. The predicted molar refractivity (Wildman–Crippen MR) is 142 cm³/mol. The molecule has 1 aliphatic heterocycles. The van der Waals surface area contributed by atoms with E-state index in [-0.39, 0.29) is 12.2 Å². The molecular formula is C26H31ClFN7O. The van der Waals surface area contributed by atoms with E-state index in [9.17, 15) is 9.18 Å². The monoisotopic (exact) mass is 511 g/mol. The Kier molecular flexibility index (Phi) is 7.38. The maximum atomic E-state index is 12.8. The lowest BCUT2D eigenvalue weighted by Crippen LogP contribution is -2.33. The molecule has 0 saturated carbocycles. The van der Waals surface area contributed by atoms with Crippen LogP contribution < -0.4 is 10.9 Å². The molecule has 1 fully saturated rings. The summed E-state index contributed by atoms with van der Waals surface area (Å²) in [5.41, 5.74) is 5.15. The normalized spacial score (nSPS) is 15.1. The third-order valence-corrected chi connectivity index (χ3v) is 7.12. The topological polar surface area (TPSA) is 94.6 Å². The zero-order valence-corrected chi connectivity index (χ0v) is 21.1. The lowest BCUT2D eigenvalue weighted by Gasteiger charge is -2.32. The van der Waals surface area contributed by atoms with Gasteiger partial charge in [0.05, 0.1) is 41.2 Å². The number of hydrogen-bond acceptors (Lipinski definition) is 5. The predicted octanol–water partition coefficient (Wildman–Crippen LogP) is 4.73. The van der Waals surface area contributed by atoms with Gasteiger partial charge in [0.1, 0.15) is 11.4 Å². The van der Waals surface area contributed by atoms with Crippen molar-refractivity contribution in [3.63, 3.8) is 0 Å². The molecule has 1 aromatic carbocycles. The van der Waals surface area contributed by atoms with Crippen LogP contribution in [0.3, 0.4) is 0 Å². The van der Waals surface area contributed by atoms with Gasteiger partial charge in [0.25, 0.3) is 5.56 Å². The number of H-pyrrole nitrogens is 2. The highest BCUT2D eigenvalue weighted by atomic mass is 35.5. The zero-order chi connectivity index (χ0) is 25.1. The summed E-state index contributed by atoms with van der Waals surface area (Å²) in [7, 11) is 0. The summed E-state index contributed by atoms with van der Waals surface area (Å²) in [5, 5.41) is 8.12. The molecule has 0 bridgehead atoms. The Morgan fingerprint density at radius 2 is 2.08 bits per heavy atom.